The van der Waals surface area contributed by atoms with Crippen molar-refractivity contribution in [2.75, 3.05) is 32.9 Å². The van der Waals surface area contributed by atoms with Crippen molar-refractivity contribution in [1.82, 2.24) is 5.32 Å². The summed E-state index contributed by atoms with van der Waals surface area (Å²) in [4.78, 5) is 0. The molecule has 1 heterocycles. The van der Waals surface area contributed by atoms with Gasteiger partial charge in [0.25, 0.3) is 0 Å². The van der Waals surface area contributed by atoms with Crippen molar-refractivity contribution in [2.24, 2.45) is 0 Å². The molecule has 0 aromatic heterocycles. The predicted molar refractivity (Wildman–Crippen MR) is 60.4 cm³/mol. The van der Waals surface area contributed by atoms with E-state index in [9.17, 15) is 10.2 Å². The first-order chi connectivity index (χ1) is 7.52. The van der Waals surface area contributed by atoms with Crippen LogP contribution >= 0.6 is 0 Å². The molecule has 0 aromatic rings. The SMILES string of the molecule is CC(C)OCC(O)CNCC1(O)CCOC1. The lowest BCUT2D eigenvalue weighted by Crippen LogP contribution is -2.44. The van der Waals surface area contributed by atoms with Crippen molar-refractivity contribution in [1.29, 1.82) is 0 Å². The van der Waals surface area contributed by atoms with Crippen LogP contribution in [0.2, 0.25) is 0 Å². The third-order valence-corrected chi connectivity index (χ3v) is 2.54. The molecule has 0 spiro atoms. The number of hydrogen-bond acceptors (Lipinski definition) is 5. The highest BCUT2D eigenvalue weighted by atomic mass is 16.5. The Balaban J connectivity index is 2.05. The van der Waals surface area contributed by atoms with Crippen LogP contribution in [0.5, 0.6) is 0 Å². The maximum atomic E-state index is 9.92. The summed E-state index contributed by atoms with van der Waals surface area (Å²) >= 11 is 0. The second kappa shape index (κ2) is 6.51. The van der Waals surface area contributed by atoms with Crippen LogP contribution in [0.4, 0.5) is 0 Å². The third kappa shape index (κ3) is 5.23. The van der Waals surface area contributed by atoms with Gasteiger partial charge in [0, 0.05) is 26.1 Å². The molecule has 1 aliphatic heterocycles. The molecular formula is C11H23NO4. The minimum Gasteiger partial charge on any atom is -0.389 e. The molecular weight excluding hydrogens is 210 g/mol. The van der Waals surface area contributed by atoms with Crippen LogP contribution in [0.25, 0.3) is 0 Å². The van der Waals surface area contributed by atoms with Gasteiger partial charge >= 0.3 is 0 Å². The number of nitrogens with one attached hydrogen (secondary N) is 1. The van der Waals surface area contributed by atoms with Gasteiger partial charge in [-0.2, -0.15) is 0 Å². The molecule has 5 heteroatoms. The largest absolute Gasteiger partial charge is 0.389 e. The maximum Gasteiger partial charge on any atom is 0.102 e. The average Bonchev–Trinajstić information content (AvgIpc) is 2.62. The first-order valence-corrected chi connectivity index (χ1v) is 5.82. The highest BCUT2D eigenvalue weighted by molar-refractivity contribution is 4.85. The van der Waals surface area contributed by atoms with Crippen molar-refractivity contribution < 1.29 is 19.7 Å². The van der Waals surface area contributed by atoms with E-state index in [0.29, 0.717) is 39.3 Å². The van der Waals surface area contributed by atoms with Gasteiger partial charge in [0.2, 0.25) is 0 Å². The molecule has 1 rings (SSSR count). The van der Waals surface area contributed by atoms with Gasteiger partial charge in [-0.15, -0.1) is 0 Å². The number of aliphatic hydroxyl groups excluding tert-OH is 1. The molecule has 16 heavy (non-hydrogen) atoms. The van der Waals surface area contributed by atoms with Crippen LogP contribution in [-0.2, 0) is 9.47 Å². The zero-order valence-electron chi connectivity index (χ0n) is 10.1. The molecule has 0 amide bonds. The lowest BCUT2D eigenvalue weighted by molar-refractivity contribution is -0.00158. The van der Waals surface area contributed by atoms with Gasteiger partial charge in [-0.25, -0.2) is 0 Å². The fourth-order valence-electron chi connectivity index (χ4n) is 1.57. The third-order valence-electron chi connectivity index (χ3n) is 2.54. The van der Waals surface area contributed by atoms with Crippen molar-refractivity contribution in [3.8, 4) is 0 Å². The molecule has 96 valence electrons. The van der Waals surface area contributed by atoms with Crippen LogP contribution in [0.3, 0.4) is 0 Å². The number of hydrogen-bond donors (Lipinski definition) is 3. The van der Waals surface area contributed by atoms with Crippen molar-refractivity contribution in [3.63, 3.8) is 0 Å². The fourth-order valence-corrected chi connectivity index (χ4v) is 1.57. The van der Waals surface area contributed by atoms with E-state index in [1.807, 2.05) is 13.8 Å². The standard InChI is InChI=1S/C11H23NO4/c1-9(2)16-6-10(13)5-12-7-11(14)3-4-15-8-11/h9-10,12-14H,3-8H2,1-2H3. The van der Waals surface area contributed by atoms with Crippen molar-refractivity contribution in [3.05, 3.63) is 0 Å². The minimum atomic E-state index is -0.765. The summed E-state index contributed by atoms with van der Waals surface area (Å²) in [6.07, 6.45) is 0.244. The normalized spacial score (nSPS) is 27.6. The smallest absolute Gasteiger partial charge is 0.102 e. The van der Waals surface area contributed by atoms with E-state index in [0.717, 1.165) is 0 Å². The number of aliphatic hydroxyl groups is 2. The molecule has 1 aliphatic rings. The van der Waals surface area contributed by atoms with Gasteiger partial charge in [0.05, 0.1) is 25.4 Å². The summed E-state index contributed by atoms with van der Waals surface area (Å²) in [6, 6.07) is 0. The second-order valence-electron chi connectivity index (χ2n) is 4.69. The van der Waals surface area contributed by atoms with E-state index in [2.05, 4.69) is 5.32 Å². The maximum absolute atomic E-state index is 9.92. The van der Waals surface area contributed by atoms with E-state index in [1.165, 1.54) is 0 Å². The lowest BCUT2D eigenvalue weighted by Gasteiger charge is -2.22. The lowest BCUT2D eigenvalue weighted by atomic mass is 10.0. The Kier molecular flexibility index (Phi) is 5.64. The zero-order chi connectivity index (χ0) is 12.0. The zero-order valence-corrected chi connectivity index (χ0v) is 10.1. The predicted octanol–water partition coefficient (Wildman–Crippen LogP) is -0.487. The Morgan fingerprint density at radius 3 is 2.81 bits per heavy atom. The molecule has 0 saturated carbocycles. The summed E-state index contributed by atoms with van der Waals surface area (Å²) in [5, 5.41) is 22.5. The fraction of sp³-hybridized carbons (Fsp3) is 1.00. The monoisotopic (exact) mass is 233 g/mol. The summed E-state index contributed by atoms with van der Waals surface area (Å²) in [5.41, 5.74) is -0.765. The highest BCUT2D eigenvalue weighted by Gasteiger charge is 2.31. The van der Waals surface area contributed by atoms with Gasteiger partial charge in [-0.3, -0.25) is 0 Å². The first-order valence-electron chi connectivity index (χ1n) is 5.82. The molecule has 1 fully saturated rings. The molecule has 5 nitrogen and oxygen atoms in total. The Bertz CT molecular complexity index is 192. The Hall–Kier alpha value is -0.200. The molecule has 2 unspecified atom stereocenters. The highest BCUT2D eigenvalue weighted by Crippen LogP contribution is 2.16. The molecule has 2 atom stereocenters. The van der Waals surface area contributed by atoms with E-state index in [1.54, 1.807) is 0 Å². The van der Waals surface area contributed by atoms with Crippen LogP contribution < -0.4 is 5.32 Å². The number of ether oxygens (including phenoxy) is 2. The Morgan fingerprint density at radius 1 is 1.50 bits per heavy atom. The van der Waals surface area contributed by atoms with Gasteiger partial charge in [-0.1, -0.05) is 0 Å². The molecule has 0 aromatic carbocycles. The van der Waals surface area contributed by atoms with E-state index >= 15 is 0 Å². The molecule has 0 bridgehead atoms. The van der Waals surface area contributed by atoms with Crippen molar-refractivity contribution in [2.45, 2.75) is 38.1 Å². The minimum absolute atomic E-state index is 0.127. The van der Waals surface area contributed by atoms with E-state index in [4.69, 9.17) is 9.47 Å². The molecule has 3 N–H and O–H groups in total. The second-order valence-corrected chi connectivity index (χ2v) is 4.69. The number of rotatable bonds is 7. The average molecular weight is 233 g/mol. The Morgan fingerprint density at radius 2 is 2.25 bits per heavy atom. The van der Waals surface area contributed by atoms with E-state index < -0.39 is 11.7 Å². The topological polar surface area (TPSA) is 71.0 Å². The van der Waals surface area contributed by atoms with Crippen LogP contribution in [-0.4, -0.2) is 60.9 Å². The van der Waals surface area contributed by atoms with Crippen LogP contribution in [0.1, 0.15) is 20.3 Å². The summed E-state index contributed by atoms with van der Waals surface area (Å²) < 4.78 is 10.4. The van der Waals surface area contributed by atoms with Crippen molar-refractivity contribution >= 4 is 0 Å². The molecule has 1 saturated heterocycles. The quantitative estimate of drug-likeness (QED) is 0.554. The van der Waals surface area contributed by atoms with Gasteiger partial charge in [0.15, 0.2) is 0 Å². The van der Waals surface area contributed by atoms with E-state index in [-0.39, 0.29) is 6.10 Å². The first kappa shape index (κ1) is 13.9. The van der Waals surface area contributed by atoms with Crippen LogP contribution in [0, 0.1) is 0 Å². The van der Waals surface area contributed by atoms with Gasteiger partial charge in [0.1, 0.15) is 5.60 Å². The summed E-state index contributed by atoms with van der Waals surface area (Å²) in [7, 11) is 0. The van der Waals surface area contributed by atoms with Crippen LogP contribution in [0.15, 0.2) is 0 Å². The molecule has 0 aliphatic carbocycles. The van der Waals surface area contributed by atoms with Gasteiger partial charge < -0.3 is 25.0 Å². The Labute approximate surface area is 96.7 Å². The molecule has 0 radical (unpaired) electrons. The van der Waals surface area contributed by atoms with Gasteiger partial charge in [-0.05, 0) is 13.8 Å². The summed E-state index contributed by atoms with van der Waals surface area (Å²) in [6.45, 7) is 6.04. The summed E-state index contributed by atoms with van der Waals surface area (Å²) in [5.74, 6) is 0.